The zero-order valence-corrected chi connectivity index (χ0v) is 8.71. The van der Waals surface area contributed by atoms with Crippen molar-refractivity contribution >= 4 is 5.84 Å². The average Bonchev–Trinajstić information content (AvgIpc) is 2.79. The molecule has 4 nitrogen and oxygen atoms in total. The first-order valence-corrected chi connectivity index (χ1v) is 5.21. The van der Waals surface area contributed by atoms with E-state index in [0.29, 0.717) is 6.61 Å². The zero-order chi connectivity index (χ0) is 10.0. The van der Waals surface area contributed by atoms with Gasteiger partial charge in [0.05, 0.1) is 19.0 Å². The highest BCUT2D eigenvalue weighted by atomic mass is 16.5. The predicted octanol–water partition coefficient (Wildman–Crippen LogP) is 0.865. The second kappa shape index (κ2) is 3.87. The normalized spacial score (nSPS) is 32.9. The van der Waals surface area contributed by atoms with Crippen LogP contribution in [0.15, 0.2) is 0 Å². The van der Waals surface area contributed by atoms with Gasteiger partial charge in [0.1, 0.15) is 5.60 Å². The molecule has 1 N–H and O–H groups in total. The summed E-state index contributed by atoms with van der Waals surface area (Å²) in [5, 5.41) is 7.76. The molecule has 0 radical (unpaired) electrons. The molecule has 0 aromatic heterocycles. The summed E-state index contributed by atoms with van der Waals surface area (Å²) in [4.78, 5) is 2.12. The van der Waals surface area contributed by atoms with Gasteiger partial charge in [-0.25, -0.2) is 0 Å². The lowest BCUT2D eigenvalue weighted by atomic mass is 10.0. The summed E-state index contributed by atoms with van der Waals surface area (Å²) in [6, 6.07) is 0. The molecule has 0 aromatic rings. The average molecular weight is 198 g/mol. The van der Waals surface area contributed by atoms with Gasteiger partial charge in [-0.1, -0.05) is 0 Å². The summed E-state index contributed by atoms with van der Waals surface area (Å²) in [5.74, 6) is 0.758. The van der Waals surface area contributed by atoms with Crippen LogP contribution >= 0.6 is 0 Å². The highest BCUT2D eigenvalue weighted by Gasteiger charge is 2.38. The molecule has 0 amide bonds. The number of ether oxygens (including phenoxy) is 2. The summed E-state index contributed by atoms with van der Waals surface area (Å²) in [5.41, 5.74) is -0.156. The van der Waals surface area contributed by atoms with Gasteiger partial charge >= 0.3 is 0 Å². The number of likely N-dealkylation sites (tertiary alicyclic amines) is 1. The zero-order valence-electron chi connectivity index (χ0n) is 8.71. The molecule has 2 rings (SSSR count). The molecule has 14 heavy (non-hydrogen) atoms. The Labute approximate surface area is 84.7 Å². The highest BCUT2D eigenvalue weighted by molar-refractivity contribution is 5.81. The van der Waals surface area contributed by atoms with E-state index in [2.05, 4.69) is 4.90 Å². The van der Waals surface area contributed by atoms with Gasteiger partial charge in [0.2, 0.25) is 0 Å². The van der Waals surface area contributed by atoms with E-state index in [1.165, 1.54) is 0 Å². The molecule has 80 valence electrons. The fraction of sp³-hybridized carbons (Fsp3) is 0.900. The Morgan fingerprint density at radius 1 is 1.64 bits per heavy atom. The van der Waals surface area contributed by atoms with Crippen LogP contribution in [0.3, 0.4) is 0 Å². The third-order valence-corrected chi connectivity index (χ3v) is 3.20. The van der Waals surface area contributed by atoms with Crippen LogP contribution in [0.5, 0.6) is 0 Å². The van der Waals surface area contributed by atoms with Crippen LogP contribution in [0.2, 0.25) is 0 Å². The number of nitrogens with one attached hydrogen (secondary N) is 1. The lowest BCUT2D eigenvalue weighted by Gasteiger charge is -2.31. The van der Waals surface area contributed by atoms with Gasteiger partial charge in [-0.2, -0.15) is 0 Å². The molecule has 2 aliphatic rings. The van der Waals surface area contributed by atoms with Crippen LogP contribution in [0.25, 0.3) is 0 Å². The standard InChI is InChI=1S/C10H18N2O2/c1-13-10(4-6-14-8-10)7-12-5-2-3-9(12)11/h11H,2-8H2,1H3. The Balaban J connectivity index is 1.96. The maximum absolute atomic E-state index is 7.76. The smallest absolute Gasteiger partial charge is 0.111 e. The van der Waals surface area contributed by atoms with Gasteiger partial charge < -0.3 is 14.4 Å². The monoisotopic (exact) mass is 198 g/mol. The second-order valence-corrected chi connectivity index (χ2v) is 4.16. The maximum atomic E-state index is 7.76. The minimum Gasteiger partial charge on any atom is -0.378 e. The molecule has 4 heteroatoms. The van der Waals surface area contributed by atoms with Crippen molar-refractivity contribution in [2.75, 3.05) is 33.4 Å². The lowest BCUT2D eigenvalue weighted by molar-refractivity contribution is -0.0289. The lowest BCUT2D eigenvalue weighted by Crippen LogP contribution is -2.45. The van der Waals surface area contributed by atoms with Gasteiger partial charge in [0.25, 0.3) is 0 Å². The van der Waals surface area contributed by atoms with Crippen LogP contribution in [0.4, 0.5) is 0 Å². The number of hydrogen-bond acceptors (Lipinski definition) is 3. The first-order chi connectivity index (χ1) is 6.76. The Hall–Kier alpha value is -0.610. The second-order valence-electron chi connectivity index (χ2n) is 4.16. The van der Waals surface area contributed by atoms with Crippen molar-refractivity contribution in [3.8, 4) is 0 Å². The molecular formula is C10H18N2O2. The number of rotatable bonds is 3. The van der Waals surface area contributed by atoms with Gasteiger partial charge in [0.15, 0.2) is 0 Å². The van der Waals surface area contributed by atoms with E-state index in [9.17, 15) is 0 Å². The number of hydrogen-bond donors (Lipinski definition) is 1. The van der Waals surface area contributed by atoms with Gasteiger partial charge in [-0.15, -0.1) is 0 Å². The molecule has 1 atom stereocenters. The third kappa shape index (κ3) is 1.77. The van der Waals surface area contributed by atoms with Crippen LogP contribution in [-0.2, 0) is 9.47 Å². The Bertz CT molecular complexity index is 224. The minimum atomic E-state index is -0.156. The molecule has 0 aliphatic carbocycles. The highest BCUT2D eigenvalue weighted by Crippen LogP contribution is 2.25. The van der Waals surface area contributed by atoms with Crippen molar-refractivity contribution in [3.63, 3.8) is 0 Å². The summed E-state index contributed by atoms with van der Waals surface area (Å²) < 4.78 is 10.9. The summed E-state index contributed by atoms with van der Waals surface area (Å²) in [6.07, 6.45) is 2.98. The molecule has 0 bridgehead atoms. The van der Waals surface area contributed by atoms with Crippen molar-refractivity contribution in [1.29, 1.82) is 5.41 Å². The Kier molecular flexibility index (Phi) is 2.74. The Morgan fingerprint density at radius 3 is 3.00 bits per heavy atom. The largest absolute Gasteiger partial charge is 0.378 e. The summed E-state index contributed by atoms with van der Waals surface area (Å²) in [6.45, 7) is 3.29. The minimum absolute atomic E-state index is 0.156. The quantitative estimate of drug-likeness (QED) is 0.731. The first kappa shape index (κ1) is 9.93. The number of methoxy groups -OCH3 is 1. The molecule has 0 spiro atoms. The molecule has 0 saturated carbocycles. The molecule has 2 saturated heterocycles. The molecular weight excluding hydrogens is 180 g/mol. The topological polar surface area (TPSA) is 45.5 Å². The fourth-order valence-electron chi connectivity index (χ4n) is 2.19. The summed E-state index contributed by atoms with van der Waals surface area (Å²) in [7, 11) is 1.74. The first-order valence-electron chi connectivity index (χ1n) is 5.21. The van der Waals surface area contributed by atoms with Crippen LogP contribution in [0.1, 0.15) is 19.3 Å². The van der Waals surface area contributed by atoms with E-state index in [-0.39, 0.29) is 5.60 Å². The van der Waals surface area contributed by atoms with E-state index in [1.807, 2.05) is 0 Å². The molecule has 2 heterocycles. The maximum Gasteiger partial charge on any atom is 0.111 e. The van der Waals surface area contributed by atoms with E-state index in [0.717, 1.165) is 44.8 Å². The van der Waals surface area contributed by atoms with Gasteiger partial charge in [-0.05, 0) is 6.42 Å². The van der Waals surface area contributed by atoms with Gasteiger partial charge in [0, 0.05) is 33.1 Å². The van der Waals surface area contributed by atoms with E-state index in [4.69, 9.17) is 14.9 Å². The van der Waals surface area contributed by atoms with Crippen molar-refractivity contribution in [1.82, 2.24) is 4.90 Å². The fourth-order valence-corrected chi connectivity index (χ4v) is 2.19. The van der Waals surface area contributed by atoms with Crippen molar-refractivity contribution in [2.24, 2.45) is 0 Å². The summed E-state index contributed by atoms with van der Waals surface area (Å²) >= 11 is 0. The van der Waals surface area contributed by atoms with Crippen molar-refractivity contribution < 1.29 is 9.47 Å². The number of nitrogens with zero attached hydrogens (tertiary/aromatic N) is 1. The third-order valence-electron chi connectivity index (χ3n) is 3.20. The SMILES string of the molecule is COC1(CN2CCCC2=N)CCOC1. The molecule has 2 aliphatic heterocycles. The Morgan fingerprint density at radius 2 is 2.50 bits per heavy atom. The number of amidine groups is 1. The predicted molar refractivity (Wildman–Crippen MR) is 53.7 cm³/mol. The van der Waals surface area contributed by atoms with E-state index in [1.54, 1.807) is 7.11 Å². The van der Waals surface area contributed by atoms with Crippen LogP contribution < -0.4 is 0 Å². The van der Waals surface area contributed by atoms with Crippen molar-refractivity contribution in [2.45, 2.75) is 24.9 Å². The molecule has 1 unspecified atom stereocenters. The van der Waals surface area contributed by atoms with Gasteiger partial charge in [-0.3, -0.25) is 5.41 Å². The van der Waals surface area contributed by atoms with E-state index < -0.39 is 0 Å². The van der Waals surface area contributed by atoms with Crippen molar-refractivity contribution in [3.05, 3.63) is 0 Å². The van der Waals surface area contributed by atoms with Crippen LogP contribution in [-0.4, -0.2) is 49.7 Å². The molecule has 0 aromatic carbocycles. The van der Waals surface area contributed by atoms with Crippen LogP contribution in [0, 0.1) is 5.41 Å². The molecule has 2 fully saturated rings. The van der Waals surface area contributed by atoms with E-state index >= 15 is 0 Å².